The lowest BCUT2D eigenvalue weighted by Gasteiger charge is -2.24. The molecule has 0 saturated carbocycles. The van der Waals surface area contributed by atoms with E-state index in [1.807, 2.05) is 0 Å². The molecule has 0 aliphatic heterocycles. The summed E-state index contributed by atoms with van der Waals surface area (Å²) in [7, 11) is 0. The minimum absolute atomic E-state index is 0.0159. The lowest BCUT2D eigenvalue weighted by atomic mass is 9.82. The van der Waals surface area contributed by atoms with Crippen LogP contribution in [-0.4, -0.2) is 0 Å². The van der Waals surface area contributed by atoms with E-state index in [2.05, 4.69) is 174 Å². The molecule has 6 aromatic carbocycles. The van der Waals surface area contributed by atoms with Crippen molar-refractivity contribution >= 4 is 22.7 Å². The molecular weight excluding hydrogens is 569 g/mol. The van der Waals surface area contributed by atoms with E-state index < -0.39 is 0 Å². The molecule has 0 spiro atoms. The average Bonchev–Trinajstić information content (AvgIpc) is 3.54. The molecule has 0 aromatic heterocycles. The van der Waals surface area contributed by atoms with Crippen LogP contribution in [0.1, 0.15) is 74.9 Å². The predicted octanol–water partition coefficient (Wildman–Crippen LogP) is 12.1. The molecule has 6 aromatic rings. The summed E-state index contributed by atoms with van der Waals surface area (Å²) in [5, 5.41) is 7.52. The predicted molar refractivity (Wildman–Crippen MR) is 199 cm³/mol. The largest absolute Gasteiger partial charge is 0.356 e. The Labute approximate surface area is 278 Å². The molecule has 0 unspecified atom stereocenters. The number of nitrogens with one attached hydrogen (secondary N) is 2. The van der Waals surface area contributed by atoms with Crippen molar-refractivity contribution in [2.45, 2.75) is 57.8 Å². The summed E-state index contributed by atoms with van der Waals surface area (Å²) < 4.78 is 0. The van der Waals surface area contributed by atoms with Gasteiger partial charge in [-0.05, 0) is 115 Å². The maximum absolute atomic E-state index is 3.76. The molecule has 0 saturated heterocycles. The summed E-state index contributed by atoms with van der Waals surface area (Å²) >= 11 is 0. The molecule has 2 N–H and O–H groups in total. The molecule has 9 rings (SSSR count). The molecule has 0 radical (unpaired) electrons. The van der Waals surface area contributed by atoms with Crippen molar-refractivity contribution in [2.24, 2.45) is 0 Å². The van der Waals surface area contributed by atoms with E-state index in [1.54, 1.807) is 0 Å². The standard InChI is InChI=1S/C45H40N2/c1-43(2)37-13-9-7-11-31(37)33-19-15-27(23-39(33)43)46-29-17-21-35-36-22-18-30(26-42(36)45(5,6)41(35)25-29)47-28-16-20-34-32-12-8-10-14-38(32)44(3,4)40(34)24-28/h7-26,46-47H,1-6H3. The average molecular weight is 609 g/mol. The highest BCUT2D eigenvalue weighted by Crippen LogP contribution is 2.53. The zero-order valence-electron chi connectivity index (χ0n) is 28.0. The van der Waals surface area contributed by atoms with Crippen LogP contribution < -0.4 is 10.6 Å². The van der Waals surface area contributed by atoms with Crippen molar-refractivity contribution in [1.29, 1.82) is 0 Å². The first kappa shape index (κ1) is 28.2. The molecule has 2 nitrogen and oxygen atoms in total. The summed E-state index contributed by atoms with van der Waals surface area (Å²) in [6, 6.07) is 45.1. The van der Waals surface area contributed by atoms with Gasteiger partial charge < -0.3 is 10.6 Å². The maximum atomic E-state index is 3.76. The smallest absolute Gasteiger partial charge is 0.0387 e. The van der Waals surface area contributed by atoms with Crippen molar-refractivity contribution in [2.75, 3.05) is 10.6 Å². The minimum atomic E-state index is -0.122. The summed E-state index contributed by atoms with van der Waals surface area (Å²) in [4.78, 5) is 0. The van der Waals surface area contributed by atoms with Gasteiger partial charge in [-0.25, -0.2) is 0 Å². The normalized spacial score (nSPS) is 16.4. The van der Waals surface area contributed by atoms with Crippen molar-refractivity contribution in [3.8, 4) is 33.4 Å². The van der Waals surface area contributed by atoms with Crippen LogP contribution in [0.25, 0.3) is 33.4 Å². The van der Waals surface area contributed by atoms with Crippen LogP contribution in [-0.2, 0) is 16.2 Å². The van der Waals surface area contributed by atoms with Crippen molar-refractivity contribution in [3.63, 3.8) is 0 Å². The number of fused-ring (bicyclic) bond motifs is 9. The van der Waals surface area contributed by atoms with Gasteiger partial charge in [-0.2, -0.15) is 0 Å². The van der Waals surface area contributed by atoms with Gasteiger partial charge in [0.05, 0.1) is 0 Å². The Bertz CT molecular complexity index is 2120. The zero-order chi connectivity index (χ0) is 32.3. The molecule has 230 valence electrons. The van der Waals surface area contributed by atoms with E-state index in [1.165, 1.54) is 66.8 Å². The molecular formula is C45H40N2. The van der Waals surface area contributed by atoms with E-state index in [9.17, 15) is 0 Å². The summed E-state index contributed by atoms with van der Waals surface area (Å²) in [5.41, 5.74) is 20.7. The van der Waals surface area contributed by atoms with Crippen molar-refractivity contribution < 1.29 is 0 Å². The number of anilines is 4. The van der Waals surface area contributed by atoms with Crippen LogP contribution in [0.3, 0.4) is 0 Å². The van der Waals surface area contributed by atoms with Crippen LogP contribution in [0, 0.1) is 0 Å². The van der Waals surface area contributed by atoms with Gasteiger partial charge in [0.15, 0.2) is 0 Å². The SMILES string of the molecule is CC1(C)c2ccccc2-c2ccc(Nc3ccc4c(c3)C(C)(C)c3cc(Nc5ccc6c(c5)C(C)(C)c5ccccc5-6)ccc3-4)cc21. The van der Waals surface area contributed by atoms with Gasteiger partial charge in [-0.3, -0.25) is 0 Å². The highest BCUT2D eigenvalue weighted by molar-refractivity contribution is 5.87. The van der Waals surface area contributed by atoms with Gasteiger partial charge >= 0.3 is 0 Å². The zero-order valence-corrected chi connectivity index (χ0v) is 28.0. The van der Waals surface area contributed by atoms with Gasteiger partial charge in [0.1, 0.15) is 0 Å². The first-order valence-electron chi connectivity index (χ1n) is 16.9. The molecule has 3 aliphatic carbocycles. The second-order valence-electron chi connectivity index (χ2n) is 15.3. The Hall–Kier alpha value is -5.08. The van der Waals surface area contributed by atoms with Gasteiger partial charge in [0.2, 0.25) is 0 Å². The lowest BCUT2D eigenvalue weighted by Crippen LogP contribution is -2.16. The fraction of sp³-hybridized carbons (Fsp3) is 0.200. The van der Waals surface area contributed by atoms with Gasteiger partial charge in [-0.1, -0.05) is 114 Å². The van der Waals surface area contributed by atoms with Crippen molar-refractivity contribution in [1.82, 2.24) is 0 Å². The third-order valence-electron chi connectivity index (χ3n) is 11.4. The number of hydrogen-bond acceptors (Lipinski definition) is 2. The van der Waals surface area contributed by atoms with Crippen LogP contribution in [0.2, 0.25) is 0 Å². The maximum Gasteiger partial charge on any atom is 0.0387 e. The summed E-state index contributed by atoms with van der Waals surface area (Å²) in [5.74, 6) is 0. The second kappa shape index (κ2) is 9.48. The summed E-state index contributed by atoms with van der Waals surface area (Å²) in [6.07, 6.45) is 0. The molecule has 0 heterocycles. The number of hydrogen-bond donors (Lipinski definition) is 2. The van der Waals surface area contributed by atoms with Crippen LogP contribution in [0.5, 0.6) is 0 Å². The molecule has 0 amide bonds. The molecule has 0 bridgehead atoms. The van der Waals surface area contributed by atoms with E-state index in [-0.39, 0.29) is 16.2 Å². The number of benzene rings is 6. The molecule has 3 aliphatic rings. The fourth-order valence-corrected chi connectivity index (χ4v) is 8.79. The minimum Gasteiger partial charge on any atom is -0.356 e. The Kier molecular flexibility index (Phi) is 5.68. The second-order valence-corrected chi connectivity index (χ2v) is 15.3. The quantitative estimate of drug-likeness (QED) is 0.208. The third-order valence-corrected chi connectivity index (χ3v) is 11.4. The molecule has 0 fully saturated rings. The molecule has 2 heteroatoms. The summed E-state index contributed by atoms with van der Waals surface area (Å²) in [6.45, 7) is 14.1. The first-order chi connectivity index (χ1) is 22.5. The Morgan fingerprint density at radius 3 is 0.872 bits per heavy atom. The van der Waals surface area contributed by atoms with Crippen molar-refractivity contribution in [3.05, 3.63) is 155 Å². The highest BCUT2D eigenvalue weighted by atomic mass is 14.9. The lowest BCUT2D eigenvalue weighted by molar-refractivity contribution is 0.660. The molecule has 47 heavy (non-hydrogen) atoms. The van der Waals surface area contributed by atoms with Crippen LogP contribution in [0.4, 0.5) is 22.7 Å². The van der Waals surface area contributed by atoms with E-state index in [4.69, 9.17) is 0 Å². The van der Waals surface area contributed by atoms with Gasteiger partial charge in [0.25, 0.3) is 0 Å². The molecule has 0 atom stereocenters. The van der Waals surface area contributed by atoms with Gasteiger partial charge in [-0.15, -0.1) is 0 Å². The van der Waals surface area contributed by atoms with E-state index >= 15 is 0 Å². The van der Waals surface area contributed by atoms with Gasteiger partial charge in [0, 0.05) is 39.0 Å². The third kappa shape index (κ3) is 3.97. The highest BCUT2D eigenvalue weighted by Gasteiger charge is 2.38. The van der Waals surface area contributed by atoms with E-state index in [0.717, 1.165) is 22.7 Å². The Balaban J connectivity index is 0.997. The van der Waals surface area contributed by atoms with Crippen LogP contribution >= 0.6 is 0 Å². The Morgan fingerprint density at radius 1 is 0.298 bits per heavy atom. The van der Waals surface area contributed by atoms with Crippen LogP contribution in [0.15, 0.2) is 121 Å². The topological polar surface area (TPSA) is 24.1 Å². The monoisotopic (exact) mass is 608 g/mol. The number of rotatable bonds is 4. The Morgan fingerprint density at radius 2 is 0.553 bits per heavy atom. The van der Waals surface area contributed by atoms with E-state index in [0.29, 0.717) is 0 Å². The fourth-order valence-electron chi connectivity index (χ4n) is 8.79. The first-order valence-corrected chi connectivity index (χ1v) is 16.9.